The van der Waals surface area contributed by atoms with Gasteiger partial charge in [-0.25, -0.2) is 9.67 Å². The highest BCUT2D eigenvalue weighted by Crippen LogP contribution is 2.26. The van der Waals surface area contributed by atoms with Crippen LogP contribution in [0.25, 0.3) is 16.7 Å². The van der Waals surface area contributed by atoms with Crippen LogP contribution in [0.3, 0.4) is 0 Å². The summed E-state index contributed by atoms with van der Waals surface area (Å²) in [6.45, 7) is 1.94. The number of rotatable bonds is 5. The second-order valence-corrected chi connectivity index (χ2v) is 6.38. The maximum absolute atomic E-state index is 12.3. The number of halogens is 3. The molecule has 0 aliphatic rings. The van der Waals surface area contributed by atoms with E-state index in [-0.39, 0.29) is 11.7 Å². The van der Waals surface area contributed by atoms with Crippen molar-refractivity contribution in [3.05, 3.63) is 60.4 Å². The van der Waals surface area contributed by atoms with Crippen LogP contribution in [0.5, 0.6) is 11.5 Å². The molecule has 0 saturated heterocycles. The summed E-state index contributed by atoms with van der Waals surface area (Å²) in [4.78, 5) is 8.74. The highest BCUT2D eigenvalue weighted by atomic mass is 19.4. The van der Waals surface area contributed by atoms with Gasteiger partial charge in [-0.05, 0) is 55.0 Å². The van der Waals surface area contributed by atoms with E-state index < -0.39 is 6.36 Å². The molecule has 2 aromatic heterocycles. The molecule has 0 radical (unpaired) electrons. The Morgan fingerprint density at radius 1 is 1.00 bits per heavy atom. The normalized spacial score (nSPS) is 11.5. The lowest BCUT2D eigenvalue weighted by Crippen LogP contribution is -2.17. The minimum Gasteiger partial charge on any atom is -0.497 e. The minimum absolute atomic E-state index is 0.278. The summed E-state index contributed by atoms with van der Waals surface area (Å²) < 4.78 is 47.6. The predicted molar refractivity (Wildman–Crippen MR) is 104 cm³/mol. The monoisotopic (exact) mass is 415 g/mol. The fourth-order valence-corrected chi connectivity index (χ4v) is 2.92. The number of hydrogen-bond donors (Lipinski definition) is 1. The first-order valence-electron chi connectivity index (χ1n) is 8.81. The van der Waals surface area contributed by atoms with Crippen LogP contribution in [-0.2, 0) is 0 Å². The van der Waals surface area contributed by atoms with Crippen LogP contribution in [0.15, 0.2) is 54.9 Å². The van der Waals surface area contributed by atoms with Crippen molar-refractivity contribution in [1.29, 1.82) is 0 Å². The third-order valence-electron chi connectivity index (χ3n) is 4.29. The molecule has 0 aliphatic carbocycles. The number of nitrogens with one attached hydrogen (secondary N) is 1. The van der Waals surface area contributed by atoms with E-state index in [1.54, 1.807) is 24.2 Å². The molecule has 0 saturated carbocycles. The lowest BCUT2D eigenvalue weighted by Gasteiger charge is -2.11. The van der Waals surface area contributed by atoms with Crippen molar-refractivity contribution in [2.45, 2.75) is 13.3 Å². The number of aromatic nitrogens is 4. The van der Waals surface area contributed by atoms with Gasteiger partial charge in [0, 0.05) is 11.9 Å². The van der Waals surface area contributed by atoms with Gasteiger partial charge < -0.3 is 14.8 Å². The second kappa shape index (κ2) is 7.54. The van der Waals surface area contributed by atoms with E-state index in [2.05, 4.69) is 25.1 Å². The molecule has 0 unspecified atom stereocenters. The molecular weight excluding hydrogens is 399 g/mol. The number of methoxy groups -OCH3 is 1. The molecular formula is C20H16F3N5O2. The average Bonchev–Trinajstić information content (AvgIpc) is 3.11. The Morgan fingerprint density at radius 3 is 2.40 bits per heavy atom. The summed E-state index contributed by atoms with van der Waals surface area (Å²) in [5.74, 6) is 0.708. The van der Waals surface area contributed by atoms with Gasteiger partial charge in [0.05, 0.1) is 24.4 Å². The SMILES string of the molecule is COc1ccc(-n2ncc3cnc(Nc4ccc(OC(F)(F)F)cc4)nc32)c(C)c1. The quantitative estimate of drug-likeness (QED) is 0.506. The van der Waals surface area contributed by atoms with Crippen LogP contribution in [-0.4, -0.2) is 33.2 Å². The van der Waals surface area contributed by atoms with E-state index in [4.69, 9.17) is 4.74 Å². The molecule has 4 rings (SSSR count). The fraction of sp³-hybridized carbons (Fsp3) is 0.150. The van der Waals surface area contributed by atoms with Crippen molar-refractivity contribution in [3.63, 3.8) is 0 Å². The maximum Gasteiger partial charge on any atom is 0.573 e. The van der Waals surface area contributed by atoms with Gasteiger partial charge in [0.15, 0.2) is 5.65 Å². The molecule has 0 amide bonds. The first-order valence-corrected chi connectivity index (χ1v) is 8.81. The van der Waals surface area contributed by atoms with Gasteiger partial charge in [0.2, 0.25) is 5.95 Å². The van der Waals surface area contributed by atoms with Crippen LogP contribution in [0, 0.1) is 6.92 Å². The number of nitrogens with zero attached hydrogens (tertiary/aromatic N) is 4. The topological polar surface area (TPSA) is 74.1 Å². The smallest absolute Gasteiger partial charge is 0.497 e. The van der Waals surface area contributed by atoms with Crippen molar-refractivity contribution in [2.24, 2.45) is 0 Å². The zero-order valence-corrected chi connectivity index (χ0v) is 15.9. The Hall–Kier alpha value is -3.82. The minimum atomic E-state index is -4.74. The number of fused-ring (bicyclic) bond motifs is 1. The van der Waals surface area contributed by atoms with Crippen molar-refractivity contribution in [3.8, 4) is 17.2 Å². The molecule has 4 aromatic rings. The molecule has 154 valence electrons. The molecule has 0 bridgehead atoms. The fourth-order valence-electron chi connectivity index (χ4n) is 2.92. The van der Waals surface area contributed by atoms with Crippen molar-refractivity contribution >= 4 is 22.7 Å². The molecule has 0 atom stereocenters. The number of hydrogen-bond acceptors (Lipinski definition) is 6. The van der Waals surface area contributed by atoms with E-state index in [0.717, 1.165) is 22.4 Å². The summed E-state index contributed by atoms with van der Waals surface area (Å²) in [5, 5.41) is 8.11. The lowest BCUT2D eigenvalue weighted by atomic mass is 10.2. The molecule has 0 aliphatic heterocycles. The lowest BCUT2D eigenvalue weighted by molar-refractivity contribution is -0.274. The first kappa shape index (κ1) is 19.5. The Labute approximate surface area is 169 Å². The largest absolute Gasteiger partial charge is 0.573 e. The van der Waals surface area contributed by atoms with Crippen LogP contribution in [0.2, 0.25) is 0 Å². The zero-order chi connectivity index (χ0) is 21.3. The van der Waals surface area contributed by atoms with Crippen LogP contribution < -0.4 is 14.8 Å². The summed E-state index contributed by atoms with van der Waals surface area (Å²) in [7, 11) is 1.60. The third kappa shape index (κ3) is 4.12. The second-order valence-electron chi connectivity index (χ2n) is 6.38. The number of ether oxygens (including phenoxy) is 2. The Morgan fingerprint density at radius 2 is 1.73 bits per heavy atom. The van der Waals surface area contributed by atoms with Crippen LogP contribution >= 0.6 is 0 Å². The van der Waals surface area contributed by atoms with Crippen molar-refractivity contribution in [1.82, 2.24) is 19.7 Å². The molecule has 10 heteroatoms. The number of benzene rings is 2. The van der Waals surface area contributed by atoms with Crippen molar-refractivity contribution < 1.29 is 22.6 Å². The third-order valence-corrected chi connectivity index (χ3v) is 4.29. The number of alkyl halides is 3. The van der Waals surface area contributed by atoms with E-state index >= 15 is 0 Å². The first-order chi connectivity index (χ1) is 14.3. The predicted octanol–water partition coefficient (Wildman–Crippen LogP) is 4.77. The molecule has 7 nitrogen and oxygen atoms in total. The van der Waals surface area contributed by atoms with E-state index in [9.17, 15) is 13.2 Å². The van der Waals surface area contributed by atoms with E-state index in [0.29, 0.717) is 11.3 Å². The van der Waals surface area contributed by atoms with E-state index in [1.165, 1.54) is 24.3 Å². The van der Waals surface area contributed by atoms with Gasteiger partial charge in [-0.2, -0.15) is 10.1 Å². The number of aryl methyl sites for hydroxylation is 1. The highest BCUT2D eigenvalue weighted by Gasteiger charge is 2.30. The summed E-state index contributed by atoms with van der Waals surface area (Å²) >= 11 is 0. The maximum atomic E-state index is 12.3. The molecule has 2 aromatic carbocycles. The van der Waals surface area contributed by atoms with Gasteiger partial charge in [-0.15, -0.1) is 13.2 Å². The van der Waals surface area contributed by atoms with Gasteiger partial charge in [-0.1, -0.05) is 0 Å². The van der Waals surface area contributed by atoms with Gasteiger partial charge in [0.1, 0.15) is 11.5 Å². The zero-order valence-electron chi connectivity index (χ0n) is 15.9. The Balaban J connectivity index is 1.62. The summed E-state index contributed by atoms with van der Waals surface area (Å²) in [5.41, 5.74) is 2.88. The van der Waals surface area contributed by atoms with Gasteiger partial charge in [0.25, 0.3) is 0 Å². The molecule has 1 N–H and O–H groups in total. The summed E-state index contributed by atoms with van der Waals surface area (Å²) in [6.07, 6.45) is -1.46. The van der Waals surface area contributed by atoms with Gasteiger partial charge in [-0.3, -0.25) is 0 Å². The van der Waals surface area contributed by atoms with E-state index in [1.807, 2.05) is 25.1 Å². The highest BCUT2D eigenvalue weighted by molar-refractivity contribution is 5.77. The number of anilines is 2. The average molecular weight is 415 g/mol. The van der Waals surface area contributed by atoms with Crippen LogP contribution in [0.1, 0.15) is 5.56 Å². The standard InChI is InChI=1S/C20H16F3N5O2/c1-12-9-16(29-2)7-8-17(12)28-18-13(11-25-28)10-24-19(27-18)26-14-3-5-15(6-4-14)30-20(21,22)23/h3-11H,1-2H3,(H,24,26,27). The molecule has 2 heterocycles. The Kier molecular flexibility index (Phi) is 4.90. The van der Waals surface area contributed by atoms with Gasteiger partial charge >= 0.3 is 6.36 Å². The summed E-state index contributed by atoms with van der Waals surface area (Å²) in [6, 6.07) is 10.9. The molecule has 0 spiro atoms. The molecule has 30 heavy (non-hydrogen) atoms. The Bertz CT molecular complexity index is 1190. The van der Waals surface area contributed by atoms with Crippen LogP contribution in [0.4, 0.5) is 24.8 Å². The molecule has 0 fully saturated rings. The van der Waals surface area contributed by atoms with Crippen molar-refractivity contribution in [2.75, 3.05) is 12.4 Å².